The standard InChI is InChI=1S/C16H22OS/c1-2-13-8-6-7-11-15(13)16(17)12-18-14-9-4-3-5-10-14/h3-5,9-10,13,15H,2,6-8,11-12H2,1H3. The molecule has 2 heteroatoms. The lowest BCUT2D eigenvalue weighted by molar-refractivity contribution is -0.123. The summed E-state index contributed by atoms with van der Waals surface area (Å²) >= 11 is 1.69. The molecule has 0 spiro atoms. The molecule has 0 saturated heterocycles. The Bertz CT molecular complexity index is 374. The first-order valence-electron chi connectivity index (χ1n) is 7.02. The van der Waals surface area contributed by atoms with Crippen molar-refractivity contribution in [1.82, 2.24) is 0 Å². The van der Waals surface area contributed by atoms with Crippen molar-refractivity contribution in [2.75, 3.05) is 5.75 Å². The molecule has 2 atom stereocenters. The van der Waals surface area contributed by atoms with Crippen LogP contribution < -0.4 is 0 Å². The van der Waals surface area contributed by atoms with E-state index in [4.69, 9.17) is 0 Å². The quantitative estimate of drug-likeness (QED) is 0.723. The number of carbonyl (C=O) groups excluding carboxylic acids is 1. The molecule has 1 aromatic rings. The first-order chi connectivity index (χ1) is 8.81. The van der Waals surface area contributed by atoms with E-state index >= 15 is 0 Å². The van der Waals surface area contributed by atoms with Gasteiger partial charge in [-0.15, -0.1) is 11.8 Å². The van der Waals surface area contributed by atoms with Gasteiger partial charge in [0.2, 0.25) is 0 Å². The van der Waals surface area contributed by atoms with E-state index in [1.165, 1.54) is 24.2 Å². The highest BCUT2D eigenvalue weighted by Crippen LogP contribution is 2.34. The predicted octanol–water partition coefficient (Wildman–Crippen LogP) is 4.56. The summed E-state index contributed by atoms with van der Waals surface area (Å²) < 4.78 is 0. The molecule has 18 heavy (non-hydrogen) atoms. The van der Waals surface area contributed by atoms with E-state index in [1.807, 2.05) is 18.2 Å². The molecular weight excluding hydrogens is 240 g/mol. The van der Waals surface area contributed by atoms with Gasteiger partial charge in [-0.3, -0.25) is 4.79 Å². The molecule has 1 saturated carbocycles. The van der Waals surface area contributed by atoms with Gasteiger partial charge in [0.25, 0.3) is 0 Å². The maximum Gasteiger partial charge on any atom is 0.146 e. The van der Waals surface area contributed by atoms with Crippen molar-refractivity contribution in [3.05, 3.63) is 30.3 Å². The second-order valence-electron chi connectivity index (χ2n) is 5.13. The fourth-order valence-electron chi connectivity index (χ4n) is 2.90. The van der Waals surface area contributed by atoms with Gasteiger partial charge in [0.15, 0.2) is 0 Å². The second-order valence-corrected chi connectivity index (χ2v) is 6.18. The highest BCUT2D eigenvalue weighted by molar-refractivity contribution is 8.00. The van der Waals surface area contributed by atoms with Crippen LogP contribution in [0.15, 0.2) is 35.2 Å². The summed E-state index contributed by atoms with van der Waals surface area (Å²) in [6.07, 6.45) is 6.08. The van der Waals surface area contributed by atoms with Crippen LogP contribution in [0, 0.1) is 11.8 Å². The number of rotatable bonds is 5. The topological polar surface area (TPSA) is 17.1 Å². The van der Waals surface area contributed by atoms with Crippen LogP contribution in [0.1, 0.15) is 39.0 Å². The second kappa shape index (κ2) is 6.98. The zero-order valence-corrected chi connectivity index (χ0v) is 11.9. The Kier molecular flexibility index (Phi) is 5.30. The van der Waals surface area contributed by atoms with Crippen molar-refractivity contribution in [3.63, 3.8) is 0 Å². The molecule has 0 heterocycles. The molecule has 2 unspecified atom stereocenters. The molecule has 1 aliphatic rings. The van der Waals surface area contributed by atoms with Crippen LogP contribution in [0.5, 0.6) is 0 Å². The van der Waals surface area contributed by atoms with Gasteiger partial charge in [0.05, 0.1) is 5.75 Å². The van der Waals surface area contributed by atoms with E-state index in [2.05, 4.69) is 19.1 Å². The summed E-state index contributed by atoms with van der Waals surface area (Å²) in [5.41, 5.74) is 0. The number of ketones is 1. The smallest absolute Gasteiger partial charge is 0.146 e. The zero-order chi connectivity index (χ0) is 12.8. The fourth-order valence-corrected chi connectivity index (χ4v) is 3.77. The average molecular weight is 262 g/mol. The van der Waals surface area contributed by atoms with E-state index in [0.29, 0.717) is 23.4 Å². The number of benzene rings is 1. The summed E-state index contributed by atoms with van der Waals surface area (Å²) in [5.74, 6) is 2.09. The molecular formula is C16H22OS. The van der Waals surface area contributed by atoms with Crippen molar-refractivity contribution >= 4 is 17.5 Å². The summed E-state index contributed by atoms with van der Waals surface area (Å²) in [5, 5.41) is 0. The largest absolute Gasteiger partial charge is 0.298 e. The minimum atomic E-state index is 0.333. The molecule has 98 valence electrons. The van der Waals surface area contributed by atoms with Crippen molar-refractivity contribution in [3.8, 4) is 0 Å². The summed E-state index contributed by atoms with van der Waals surface area (Å²) in [4.78, 5) is 13.5. The fraction of sp³-hybridized carbons (Fsp3) is 0.562. The first kappa shape index (κ1) is 13.7. The van der Waals surface area contributed by atoms with E-state index in [0.717, 1.165) is 12.8 Å². The van der Waals surface area contributed by atoms with Crippen LogP contribution >= 0.6 is 11.8 Å². The van der Waals surface area contributed by atoms with E-state index < -0.39 is 0 Å². The molecule has 0 bridgehead atoms. The summed E-state index contributed by atoms with van der Waals surface area (Å²) in [6, 6.07) is 10.2. The lowest BCUT2D eigenvalue weighted by Crippen LogP contribution is -2.28. The Morgan fingerprint density at radius 1 is 1.22 bits per heavy atom. The van der Waals surface area contributed by atoms with E-state index in [1.54, 1.807) is 11.8 Å². The number of carbonyl (C=O) groups is 1. The lowest BCUT2D eigenvalue weighted by Gasteiger charge is -2.29. The third-order valence-corrected chi connectivity index (χ3v) is 5.01. The lowest BCUT2D eigenvalue weighted by atomic mass is 9.76. The molecule has 0 N–H and O–H groups in total. The van der Waals surface area contributed by atoms with Crippen LogP contribution in [-0.2, 0) is 4.79 Å². The predicted molar refractivity (Wildman–Crippen MR) is 77.9 cm³/mol. The molecule has 1 nitrogen and oxygen atoms in total. The van der Waals surface area contributed by atoms with Crippen molar-refractivity contribution in [2.45, 2.75) is 43.9 Å². The van der Waals surface area contributed by atoms with Gasteiger partial charge in [-0.2, -0.15) is 0 Å². The van der Waals surface area contributed by atoms with Crippen LogP contribution in [0.2, 0.25) is 0 Å². The number of hydrogen-bond acceptors (Lipinski definition) is 2. The van der Waals surface area contributed by atoms with Gasteiger partial charge in [-0.25, -0.2) is 0 Å². The van der Waals surface area contributed by atoms with Gasteiger partial charge in [-0.1, -0.05) is 44.4 Å². The van der Waals surface area contributed by atoms with Gasteiger partial charge in [-0.05, 0) is 30.9 Å². The third-order valence-electron chi connectivity index (χ3n) is 3.97. The zero-order valence-electron chi connectivity index (χ0n) is 11.1. The first-order valence-corrected chi connectivity index (χ1v) is 8.00. The summed E-state index contributed by atoms with van der Waals surface area (Å²) in [7, 11) is 0. The van der Waals surface area contributed by atoms with Crippen molar-refractivity contribution < 1.29 is 4.79 Å². The van der Waals surface area contributed by atoms with Crippen molar-refractivity contribution in [2.24, 2.45) is 11.8 Å². The number of hydrogen-bond donors (Lipinski definition) is 0. The maximum absolute atomic E-state index is 12.3. The minimum absolute atomic E-state index is 0.333. The van der Waals surface area contributed by atoms with Crippen LogP contribution in [0.25, 0.3) is 0 Å². The Balaban J connectivity index is 1.87. The number of thioether (sulfide) groups is 1. The van der Waals surface area contributed by atoms with Gasteiger partial charge >= 0.3 is 0 Å². The van der Waals surface area contributed by atoms with Crippen LogP contribution in [0.3, 0.4) is 0 Å². The highest BCUT2D eigenvalue weighted by Gasteiger charge is 2.29. The number of Topliss-reactive ketones (excluding diaryl/α,β-unsaturated/α-hetero) is 1. The average Bonchev–Trinajstić information content (AvgIpc) is 2.45. The molecule has 1 fully saturated rings. The minimum Gasteiger partial charge on any atom is -0.298 e. The monoisotopic (exact) mass is 262 g/mol. The normalized spacial score (nSPS) is 23.8. The molecule has 0 aromatic heterocycles. The highest BCUT2D eigenvalue weighted by atomic mass is 32.2. The molecule has 1 aliphatic carbocycles. The van der Waals surface area contributed by atoms with E-state index in [9.17, 15) is 4.79 Å². The Hall–Kier alpha value is -0.760. The van der Waals surface area contributed by atoms with E-state index in [-0.39, 0.29) is 0 Å². The van der Waals surface area contributed by atoms with Gasteiger partial charge in [0.1, 0.15) is 5.78 Å². The van der Waals surface area contributed by atoms with Crippen LogP contribution in [-0.4, -0.2) is 11.5 Å². The van der Waals surface area contributed by atoms with Crippen LogP contribution in [0.4, 0.5) is 0 Å². The molecule has 0 radical (unpaired) electrons. The molecule has 1 aromatic carbocycles. The SMILES string of the molecule is CCC1CCCCC1C(=O)CSc1ccccc1. The molecule has 0 amide bonds. The molecule has 0 aliphatic heterocycles. The Morgan fingerprint density at radius 3 is 2.67 bits per heavy atom. The Labute approximate surface area is 114 Å². The van der Waals surface area contributed by atoms with Gasteiger partial charge < -0.3 is 0 Å². The summed E-state index contributed by atoms with van der Waals surface area (Å²) in [6.45, 7) is 2.22. The van der Waals surface area contributed by atoms with Gasteiger partial charge in [0, 0.05) is 10.8 Å². The molecule has 2 rings (SSSR count). The Morgan fingerprint density at radius 2 is 1.94 bits per heavy atom. The maximum atomic E-state index is 12.3. The van der Waals surface area contributed by atoms with Crippen molar-refractivity contribution in [1.29, 1.82) is 0 Å². The third kappa shape index (κ3) is 3.61.